The monoisotopic (exact) mass is 433 g/mol. The first-order valence-electron chi connectivity index (χ1n) is 9.57. The lowest BCUT2D eigenvalue weighted by atomic mass is 9.76. The van der Waals surface area contributed by atoms with Crippen LogP contribution >= 0.6 is 15.9 Å². The number of rotatable bonds is 4. The Morgan fingerprint density at radius 1 is 1.22 bits per heavy atom. The number of carbonyl (C=O) groups excluding carboxylic acids is 3. The number of hydrogen-bond acceptors (Lipinski definition) is 4. The Bertz CT molecular complexity index is 840. The topological polar surface area (TPSA) is 78.5 Å². The van der Waals surface area contributed by atoms with E-state index in [0.717, 1.165) is 22.9 Å². The van der Waals surface area contributed by atoms with Crippen molar-refractivity contribution in [2.75, 3.05) is 11.9 Å². The van der Waals surface area contributed by atoms with Crippen molar-refractivity contribution in [3.05, 3.63) is 28.2 Å². The molecule has 0 saturated carbocycles. The SMILES string of the molecule is CCCCN1C(=O)[C@H]2[C@@H](C1=O)[C@@]1(N[C@H]2C(C)C)C(=O)Nc2ccc(Br)cc21. The van der Waals surface area contributed by atoms with Crippen LogP contribution in [0.3, 0.4) is 0 Å². The highest BCUT2D eigenvalue weighted by Crippen LogP contribution is 2.54. The molecule has 0 bridgehead atoms. The third-order valence-electron chi connectivity index (χ3n) is 6.16. The van der Waals surface area contributed by atoms with Crippen LogP contribution in [0.2, 0.25) is 0 Å². The average molecular weight is 434 g/mol. The average Bonchev–Trinajstić information content (AvgIpc) is 3.20. The van der Waals surface area contributed by atoms with Crippen molar-refractivity contribution >= 4 is 39.3 Å². The molecule has 6 nitrogen and oxygen atoms in total. The van der Waals surface area contributed by atoms with Gasteiger partial charge in [-0.3, -0.25) is 24.6 Å². The molecular formula is C20H24BrN3O3. The molecule has 3 amide bonds. The van der Waals surface area contributed by atoms with Crippen LogP contribution in [0.15, 0.2) is 22.7 Å². The molecule has 0 aromatic heterocycles. The van der Waals surface area contributed by atoms with Crippen LogP contribution in [-0.4, -0.2) is 35.2 Å². The number of halogens is 1. The predicted molar refractivity (Wildman–Crippen MR) is 105 cm³/mol. The van der Waals surface area contributed by atoms with Gasteiger partial charge in [0.1, 0.15) is 5.54 Å². The van der Waals surface area contributed by atoms with Gasteiger partial charge in [-0.1, -0.05) is 43.1 Å². The van der Waals surface area contributed by atoms with Gasteiger partial charge in [0.2, 0.25) is 17.7 Å². The molecule has 4 rings (SSSR count). The molecule has 3 heterocycles. The number of imide groups is 1. The maximum absolute atomic E-state index is 13.3. The van der Waals surface area contributed by atoms with Gasteiger partial charge in [0.25, 0.3) is 0 Å². The van der Waals surface area contributed by atoms with Crippen LogP contribution in [0, 0.1) is 17.8 Å². The Morgan fingerprint density at radius 3 is 2.63 bits per heavy atom. The Hall–Kier alpha value is -1.73. The Morgan fingerprint density at radius 2 is 1.96 bits per heavy atom. The van der Waals surface area contributed by atoms with E-state index in [1.54, 1.807) is 0 Å². The van der Waals surface area contributed by atoms with Crippen LogP contribution in [0.25, 0.3) is 0 Å². The second kappa shape index (κ2) is 6.41. The van der Waals surface area contributed by atoms with Gasteiger partial charge in [-0.05, 0) is 30.5 Å². The first-order valence-corrected chi connectivity index (χ1v) is 10.4. The van der Waals surface area contributed by atoms with Gasteiger partial charge in [-0.2, -0.15) is 0 Å². The van der Waals surface area contributed by atoms with E-state index in [1.165, 1.54) is 4.90 Å². The molecule has 2 saturated heterocycles. The Kier molecular flexibility index (Phi) is 4.42. The molecule has 1 aromatic carbocycles. The summed E-state index contributed by atoms with van der Waals surface area (Å²) in [7, 11) is 0. The molecule has 144 valence electrons. The minimum Gasteiger partial charge on any atom is -0.324 e. The van der Waals surface area contributed by atoms with E-state index in [2.05, 4.69) is 26.6 Å². The standard InChI is InChI=1S/C20H24BrN3O3/c1-4-5-8-24-17(25)14-15(18(24)26)20(23-16(14)10(2)3)12-9-11(21)6-7-13(12)22-19(20)27/h6-7,9-10,14-16,23H,4-5,8H2,1-3H3,(H,22,27)/t14-,15-,16-,20+/m0/s1. The van der Waals surface area contributed by atoms with E-state index in [0.29, 0.717) is 12.2 Å². The summed E-state index contributed by atoms with van der Waals surface area (Å²) in [6.07, 6.45) is 1.68. The smallest absolute Gasteiger partial charge is 0.250 e. The molecule has 27 heavy (non-hydrogen) atoms. The molecule has 0 aliphatic carbocycles. The highest BCUT2D eigenvalue weighted by Gasteiger charge is 2.70. The zero-order chi connectivity index (χ0) is 19.5. The summed E-state index contributed by atoms with van der Waals surface area (Å²) < 4.78 is 0.836. The molecule has 3 aliphatic rings. The van der Waals surface area contributed by atoms with Gasteiger partial charge < -0.3 is 5.32 Å². The zero-order valence-electron chi connectivity index (χ0n) is 15.7. The fourth-order valence-corrected chi connectivity index (χ4v) is 5.24. The molecule has 0 radical (unpaired) electrons. The van der Waals surface area contributed by atoms with Crippen LogP contribution in [0.4, 0.5) is 5.69 Å². The van der Waals surface area contributed by atoms with Gasteiger partial charge in [0.05, 0.1) is 11.8 Å². The molecule has 2 N–H and O–H groups in total. The molecule has 2 fully saturated rings. The number of benzene rings is 1. The van der Waals surface area contributed by atoms with Crippen molar-refractivity contribution in [2.45, 2.75) is 45.2 Å². The quantitative estimate of drug-likeness (QED) is 0.715. The summed E-state index contributed by atoms with van der Waals surface area (Å²) in [5, 5.41) is 6.36. The lowest BCUT2D eigenvalue weighted by molar-refractivity contribution is -0.143. The lowest BCUT2D eigenvalue weighted by Crippen LogP contribution is -2.54. The number of anilines is 1. The third-order valence-corrected chi connectivity index (χ3v) is 6.65. The number of nitrogens with zero attached hydrogens (tertiary/aromatic N) is 1. The second-order valence-electron chi connectivity index (χ2n) is 8.05. The van der Waals surface area contributed by atoms with E-state index in [9.17, 15) is 14.4 Å². The predicted octanol–water partition coefficient (Wildman–Crippen LogP) is 2.63. The van der Waals surface area contributed by atoms with Crippen molar-refractivity contribution in [1.82, 2.24) is 10.2 Å². The Balaban J connectivity index is 1.86. The fraction of sp³-hybridized carbons (Fsp3) is 0.550. The summed E-state index contributed by atoms with van der Waals surface area (Å²) in [6, 6.07) is 5.35. The van der Waals surface area contributed by atoms with E-state index in [1.807, 2.05) is 39.0 Å². The highest BCUT2D eigenvalue weighted by atomic mass is 79.9. The van der Waals surface area contributed by atoms with Crippen LogP contribution < -0.4 is 10.6 Å². The first kappa shape index (κ1) is 18.6. The molecule has 1 aromatic rings. The van der Waals surface area contributed by atoms with Crippen molar-refractivity contribution in [3.63, 3.8) is 0 Å². The number of nitrogens with one attached hydrogen (secondary N) is 2. The highest BCUT2D eigenvalue weighted by molar-refractivity contribution is 9.10. The summed E-state index contributed by atoms with van der Waals surface area (Å²) in [4.78, 5) is 41.1. The zero-order valence-corrected chi connectivity index (χ0v) is 17.3. The number of fused-ring (bicyclic) bond motifs is 4. The molecule has 3 aliphatic heterocycles. The van der Waals surface area contributed by atoms with Crippen molar-refractivity contribution in [1.29, 1.82) is 0 Å². The van der Waals surface area contributed by atoms with Gasteiger partial charge in [0, 0.05) is 28.3 Å². The third kappa shape index (κ3) is 2.44. The number of carbonyl (C=O) groups is 3. The maximum Gasteiger partial charge on any atom is 0.250 e. The molecule has 1 spiro atoms. The molecule has 7 heteroatoms. The first-order chi connectivity index (χ1) is 12.8. The molecule has 4 atom stereocenters. The van der Waals surface area contributed by atoms with Crippen molar-refractivity contribution < 1.29 is 14.4 Å². The van der Waals surface area contributed by atoms with Gasteiger partial charge in [0.15, 0.2) is 0 Å². The second-order valence-corrected chi connectivity index (χ2v) is 8.97. The van der Waals surface area contributed by atoms with Crippen molar-refractivity contribution in [3.8, 4) is 0 Å². The summed E-state index contributed by atoms with van der Waals surface area (Å²) in [5.41, 5.74) is 0.261. The van der Waals surface area contributed by atoms with Gasteiger partial charge in [-0.15, -0.1) is 0 Å². The van der Waals surface area contributed by atoms with E-state index >= 15 is 0 Å². The number of hydrogen-bond donors (Lipinski definition) is 2. The lowest BCUT2D eigenvalue weighted by Gasteiger charge is -2.30. The largest absolute Gasteiger partial charge is 0.324 e. The van der Waals surface area contributed by atoms with Gasteiger partial charge >= 0.3 is 0 Å². The van der Waals surface area contributed by atoms with Gasteiger partial charge in [-0.25, -0.2) is 0 Å². The van der Waals surface area contributed by atoms with E-state index in [-0.39, 0.29) is 29.7 Å². The molecule has 0 unspecified atom stereocenters. The number of unbranched alkanes of at least 4 members (excludes halogenated alkanes) is 1. The van der Waals surface area contributed by atoms with E-state index in [4.69, 9.17) is 0 Å². The minimum atomic E-state index is -1.19. The number of likely N-dealkylation sites (tertiary alicyclic amines) is 1. The van der Waals surface area contributed by atoms with E-state index < -0.39 is 17.4 Å². The van der Waals surface area contributed by atoms with Crippen LogP contribution in [0.1, 0.15) is 39.2 Å². The summed E-state index contributed by atoms with van der Waals surface area (Å²) >= 11 is 3.48. The minimum absolute atomic E-state index is 0.115. The maximum atomic E-state index is 13.3. The Labute approximate surface area is 167 Å². The summed E-state index contributed by atoms with van der Waals surface area (Å²) in [5.74, 6) is -1.71. The fourth-order valence-electron chi connectivity index (χ4n) is 4.88. The molecular weight excluding hydrogens is 410 g/mol. The number of amides is 3. The normalized spacial score (nSPS) is 31.8. The van der Waals surface area contributed by atoms with Crippen LogP contribution in [-0.2, 0) is 19.9 Å². The van der Waals surface area contributed by atoms with Crippen molar-refractivity contribution in [2.24, 2.45) is 17.8 Å². The summed E-state index contributed by atoms with van der Waals surface area (Å²) in [6.45, 7) is 6.50. The van der Waals surface area contributed by atoms with Crippen LogP contribution in [0.5, 0.6) is 0 Å².